The lowest BCUT2D eigenvalue weighted by atomic mass is 9.44. The van der Waals surface area contributed by atoms with Crippen molar-refractivity contribution in [2.45, 2.75) is 130 Å². The number of ketones is 2. The fourth-order valence-electron chi connectivity index (χ4n) is 10.8. The molecule has 50 heavy (non-hydrogen) atoms. The van der Waals surface area contributed by atoms with E-state index in [-0.39, 0.29) is 56.1 Å². The summed E-state index contributed by atoms with van der Waals surface area (Å²) in [7, 11) is 0. The first-order valence-electron chi connectivity index (χ1n) is 19.8. The van der Waals surface area contributed by atoms with Crippen LogP contribution in [0, 0.1) is 46.3 Å². The number of aliphatic carboxylic acids is 1. The van der Waals surface area contributed by atoms with Gasteiger partial charge < -0.3 is 29.4 Å². The lowest BCUT2D eigenvalue weighted by molar-refractivity contribution is -0.144. The Bertz CT molecular complexity index is 1110. The second kappa shape index (κ2) is 19.8. The monoisotopic (exact) mass is 705 g/mol. The number of fused-ring (bicyclic) bond motifs is 5. The summed E-state index contributed by atoms with van der Waals surface area (Å²) < 4.78 is 22.2. The Kier molecular flexibility index (Phi) is 16.2. The van der Waals surface area contributed by atoms with Crippen molar-refractivity contribution >= 4 is 23.4 Å². The topological polar surface area (TPSA) is 137 Å². The molecule has 0 spiro atoms. The number of carbonyl (C=O) groups is 4. The number of nitrogens with one attached hydrogen (secondary N) is 1. The number of hydrogen-bond donors (Lipinski definition) is 2. The van der Waals surface area contributed by atoms with Gasteiger partial charge in [0.1, 0.15) is 13.2 Å². The van der Waals surface area contributed by atoms with Crippen molar-refractivity contribution in [1.82, 2.24) is 5.32 Å². The van der Waals surface area contributed by atoms with E-state index in [0.717, 1.165) is 43.4 Å². The van der Waals surface area contributed by atoms with Gasteiger partial charge in [0.15, 0.2) is 11.6 Å². The first kappa shape index (κ1) is 40.9. The van der Waals surface area contributed by atoms with Gasteiger partial charge in [-0.05, 0) is 124 Å². The van der Waals surface area contributed by atoms with E-state index >= 15 is 0 Å². The third-order valence-electron chi connectivity index (χ3n) is 13.5. The number of ether oxygens (including phenoxy) is 4. The van der Waals surface area contributed by atoms with E-state index in [4.69, 9.17) is 18.9 Å². The normalized spacial score (nSPS) is 32.4. The number of carboxylic acid groups (broad SMARTS) is 1. The van der Waals surface area contributed by atoms with Gasteiger partial charge in [-0.3, -0.25) is 19.2 Å². The Balaban J connectivity index is 1.07. The predicted molar refractivity (Wildman–Crippen MR) is 191 cm³/mol. The van der Waals surface area contributed by atoms with Crippen LogP contribution in [0.15, 0.2) is 0 Å². The van der Waals surface area contributed by atoms with Crippen LogP contribution in [0.2, 0.25) is 0 Å². The lowest BCUT2D eigenvalue weighted by Gasteiger charge is -2.61. The Morgan fingerprint density at radius 3 is 2.30 bits per heavy atom. The molecule has 286 valence electrons. The van der Waals surface area contributed by atoms with Gasteiger partial charge in [-0.2, -0.15) is 0 Å². The zero-order valence-electron chi connectivity index (χ0n) is 31.5. The quantitative estimate of drug-likeness (QED) is 0.116. The number of amides is 1. The average molecular weight is 706 g/mol. The summed E-state index contributed by atoms with van der Waals surface area (Å²) in [5.74, 6) is 3.21. The van der Waals surface area contributed by atoms with Gasteiger partial charge in [0, 0.05) is 45.4 Å². The summed E-state index contributed by atoms with van der Waals surface area (Å²) in [5, 5.41) is 12.0. The number of rotatable bonds is 23. The van der Waals surface area contributed by atoms with Crippen LogP contribution in [-0.2, 0) is 38.1 Å². The van der Waals surface area contributed by atoms with Crippen LogP contribution >= 0.6 is 0 Å². The predicted octanol–water partition coefficient (Wildman–Crippen LogP) is 6.42. The Hall–Kier alpha value is -1.88. The van der Waals surface area contributed by atoms with Crippen molar-refractivity contribution in [2.75, 3.05) is 52.8 Å². The van der Waals surface area contributed by atoms with Crippen molar-refractivity contribution in [3.05, 3.63) is 0 Å². The maximum Gasteiger partial charge on any atom is 0.303 e. The maximum atomic E-state index is 12.6. The number of carboxylic acids is 1. The second-order valence-corrected chi connectivity index (χ2v) is 16.4. The van der Waals surface area contributed by atoms with E-state index in [1.165, 1.54) is 38.5 Å². The van der Waals surface area contributed by atoms with Crippen LogP contribution in [0.3, 0.4) is 0 Å². The summed E-state index contributed by atoms with van der Waals surface area (Å²) in [6.45, 7) is 12.1. The van der Waals surface area contributed by atoms with E-state index in [9.17, 15) is 24.3 Å². The third-order valence-corrected chi connectivity index (χ3v) is 13.5. The standard InChI is InChI=1S/C40H67NO9/c1-5-47-21-6-7-30(42)26-49-24-23-48-22-20-41-37(44)14-10-31(43)27-50-32-16-18-39(3)29(25-32)9-11-33-35-13-12-34(28(2)8-15-38(45)46)40(35,4)19-17-36(33)39/h28-29,32-36H,5-27H2,1-4H3,(H,41,44)(H,45,46)/t28-,29-,32+,33+,34-,35?,36+,39+,40-/m1/s1. The highest BCUT2D eigenvalue weighted by molar-refractivity contribution is 5.85. The van der Waals surface area contributed by atoms with Crippen LogP contribution < -0.4 is 5.32 Å². The smallest absolute Gasteiger partial charge is 0.303 e. The molecule has 4 aliphatic rings. The van der Waals surface area contributed by atoms with Crippen molar-refractivity contribution < 1.29 is 43.2 Å². The zero-order chi connectivity index (χ0) is 36.1. The number of carbonyl (C=O) groups excluding carboxylic acids is 3. The highest BCUT2D eigenvalue weighted by Gasteiger charge is 2.60. The van der Waals surface area contributed by atoms with Crippen LogP contribution in [0.25, 0.3) is 0 Å². The SMILES string of the molecule is CCOCCCC(=O)COCCOCCNC(=O)CCC(=O)CO[C@H]1CC[C@@]2(C)[C@H](CC[C@H]3C4CC[C@H]([C@H](C)CCC(=O)O)[C@@]4(C)CC[C@@H]32)C1. The molecular formula is C40H67NO9. The molecule has 0 aliphatic heterocycles. The molecule has 9 atom stereocenters. The van der Waals surface area contributed by atoms with Crippen molar-refractivity contribution in [1.29, 1.82) is 0 Å². The van der Waals surface area contributed by atoms with Gasteiger partial charge in [-0.1, -0.05) is 20.8 Å². The van der Waals surface area contributed by atoms with Crippen molar-refractivity contribution in [3.8, 4) is 0 Å². The molecule has 0 aromatic carbocycles. The second-order valence-electron chi connectivity index (χ2n) is 16.4. The van der Waals surface area contributed by atoms with Crippen LogP contribution in [0.4, 0.5) is 0 Å². The summed E-state index contributed by atoms with van der Waals surface area (Å²) in [6.07, 6.45) is 13.5. The lowest BCUT2D eigenvalue weighted by Crippen LogP contribution is -2.54. The molecule has 0 saturated heterocycles. The molecular weight excluding hydrogens is 638 g/mol. The first-order chi connectivity index (χ1) is 24.0. The zero-order valence-corrected chi connectivity index (χ0v) is 31.5. The molecule has 10 nitrogen and oxygen atoms in total. The van der Waals surface area contributed by atoms with E-state index in [2.05, 4.69) is 26.1 Å². The van der Waals surface area contributed by atoms with Gasteiger partial charge in [-0.15, -0.1) is 0 Å². The van der Waals surface area contributed by atoms with E-state index in [1.54, 1.807) is 0 Å². The summed E-state index contributed by atoms with van der Waals surface area (Å²) in [5.41, 5.74) is 0.676. The van der Waals surface area contributed by atoms with Gasteiger partial charge in [0.25, 0.3) is 0 Å². The molecule has 4 saturated carbocycles. The summed E-state index contributed by atoms with van der Waals surface area (Å²) in [4.78, 5) is 47.8. The molecule has 1 unspecified atom stereocenters. The molecule has 10 heteroatoms. The highest BCUT2D eigenvalue weighted by Crippen LogP contribution is 2.68. The molecule has 4 fully saturated rings. The maximum absolute atomic E-state index is 12.6. The number of Topliss-reactive ketones (excluding diaryl/α,β-unsaturated/α-hetero) is 2. The average Bonchev–Trinajstić information content (AvgIpc) is 3.45. The van der Waals surface area contributed by atoms with E-state index < -0.39 is 5.97 Å². The van der Waals surface area contributed by atoms with E-state index in [0.29, 0.717) is 81.0 Å². The van der Waals surface area contributed by atoms with Crippen LogP contribution in [0.5, 0.6) is 0 Å². The Morgan fingerprint density at radius 2 is 1.52 bits per heavy atom. The molecule has 0 aromatic heterocycles. The van der Waals surface area contributed by atoms with Gasteiger partial charge in [0.05, 0.1) is 25.9 Å². The fraction of sp³-hybridized carbons (Fsp3) is 0.900. The van der Waals surface area contributed by atoms with Crippen molar-refractivity contribution in [3.63, 3.8) is 0 Å². The van der Waals surface area contributed by atoms with Gasteiger partial charge in [0.2, 0.25) is 5.91 Å². The number of hydrogen-bond acceptors (Lipinski definition) is 8. The molecule has 0 radical (unpaired) electrons. The Labute approximate surface area is 300 Å². The molecule has 0 aromatic rings. The van der Waals surface area contributed by atoms with Crippen LogP contribution in [-0.4, -0.2) is 87.4 Å². The van der Waals surface area contributed by atoms with Gasteiger partial charge in [-0.25, -0.2) is 0 Å². The third kappa shape index (κ3) is 11.1. The fourth-order valence-corrected chi connectivity index (χ4v) is 10.8. The van der Waals surface area contributed by atoms with Crippen molar-refractivity contribution in [2.24, 2.45) is 46.3 Å². The Morgan fingerprint density at radius 1 is 0.780 bits per heavy atom. The summed E-state index contributed by atoms with van der Waals surface area (Å²) >= 11 is 0. The molecule has 2 N–H and O–H groups in total. The highest BCUT2D eigenvalue weighted by atomic mass is 16.5. The van der Waals surface area contributed by atoms with Crippen LogP contribution in [0.1, 0.15) is 124 Å². The summed E-state index contributed by atoms with van der Waals surface area (Å²) in [6, 6.07) is 0. The molecule has 4 rings (SSSR count). The molecule has 0 heterocycles. The minimum atomic E-state index is -0.674. The molecule has 1 amide bonds. The minimum absolute atomic E-state index is 0.0297. The van der Waals surface area contributed by atoms with E-state index in [1.807, 2.05) is 6.92 Å². The molecule has 4 aliphatic carbocycles. The minimum Gasteiger partial charge on any atom is -0.481 e. The van der Waals surface area contributed by atoms with Gasteiger partial charge >= 0.3 is 5.97 Å². The largest absolute Gasteiger partial charge is 0.481 e. The molecule has 0 bridgehead atoms. The first-order valence-corrected chi connectivity index (χ1v) is 19.8.